The van der Waals surface area contributed by atoms with Crippen molar-refractivity contribution in [2.24, 2.45) is 0 Å². The molecule has 98 valence electrons. The van der Waals surface area contributed by atoms with Crippen molar-refractivity contribution in [2.45, 2.75) is 26.4 Å². The molecule has 1 N–H and O–H groups in total. The highest BCUT2D eigenvalue weighted by Crippen LogP contribution is 2.34. The summed E-state index contributed by atoms with van der Waals surface area (Å²) in [4.78, 5) is 2.08. The van der Waals surface area contributed by atoms with Gasteiger partial charge in [0.25, 0.3) is 0 Å². The van der Waals surface area contributed by atoms with Crippen molar-refractivity contribution in [1.29, 1.82) is 5.26 Å². The summed E-state index contributed by atoms with van der Waals surface area (Å²) in [7, 11) is 1.59. The Balaban J connectivity index is 3.17. The number of hydrogen-bond donors (Lipinski definition) is 1. The standard InChI is InChI=1S/C14H20N2O2/c1-4-16(10-6-9-15)12-7-5-8-13(18-3)14(12)11(2)17/h5,7-8,11,17H,4,6,10H2,1-3H3/t11-/m0/s1. The van der Waals surface area contributed by atoms with Crippen LogP contribution in [0.4, 0.5) is 5.69 Å². The van der Waals surface area contributed by atoms with Crippen LogP contribution in [0.15, 0.2) is 18.2 Å². The summed E-state index contributed by atoms with van der Waals surface area (Å²) >= 11 is 0. The molecule has 1 aromatic rings. The lowest BCUT2D eigenvalue weighted by Crippen LogP contribution is -2.25. The van der Waals surface area contributed by atoms with Crippen LogP contribution in [0.5, 0.6) is 5.75 Å². The zero-order chi connectivity index (χ0) is 13.5. The Labute approximate surface area is 108 Å². The Kier molecular flexibility index (Phi) is 5.47. The van der Waals surface area contributed by atoms with E-state index in [9.17, 15) is 5.11 Å². The molecular weight excluding hydrogens is 228 g/mol. The average molecular weight is 248 g/mol. The van der Waals surface area contributed by atoms with Gasteiger partial charge >= 0.3 is 0 Å². The van der Waals surface area contributed by atoms with E-state index in [2.05, 4.69) is 11.0 Å². The maximum Gasteiger partial charge on any atom is 0.126 e. The maximum absolute atomic E-state index is 9.91. The molecule has 0 aliphatic heterocycles. The van der Waals surface area contributed by atoms with Crippen molar-refractivity contribution in [1.82, 2.24) is 0 Å². The molecule has 1 rings (SSSR count). The van der Waals surface area contributed by atoms with Crippen molar-refractivity contribution < 1.29 is 9.84 Å². The fourth-order valence-electron chi connectivity index (χ4n) is 2.04. The molecule has 0 aromatic heterocycles. The number of aliphatic hydroxyl groups is 1. The molecule has 0 unspecified atom stereocenters. The maximum atomic E-state index is 9.91. The Hall–Kier alpha value is -1.73. The highest BCUT2D eigenvalue weighted by atomic mass is 16.5. The Morgan fingerprint density at radius 2 is 2.22 bits per heavy atom. The lowest BCUT2D eigenvalue weighted by Gasteiger charge is -2.27. The number of rotatable bonds is 6. The molecule has 0 fully saturated rings. The summed E-state index contributed by atoms with van der Waals surface area (Å²) in [5, 5.41) is 18.6. The largest absolute Gasteiger partial charge is 0.496 e. The number of aliphatic hydroxyl groups excluding tert-OH is 1. The second-order valence-electron chi connectivity index (χ2n) is 4.06. The van der Waals surface area contributed by atoms with Gasteiger partial charge in [0, 0.05) is 24.3 Å². The third-order valence-corrected chi connectivity index (χ3v) is 2.90. The smallest absolute Gasteiger partial charge is 0.126 e. The first-order chi connectivity index (χ1) is 8.65. The first-order valence-electron chi connectivity index (χ1n) is 6.12. The molecule has 0 saturated heterocycles. The summed E-state index contributed by atoms with van der Waals surface area (Å²) in [6.45, 7) is 5.19. The minimum atomic E-state index is -0.604. The van der Waals surface area contributed by atoms with Gasteiger partial charge in [0.1, 0.15) is 5.75 Å². The van der Waals surface area contributed by atoms with Gasteiger partial charge in [-0.2, -0.15) is 5.26 Å². The molecule has 0 radical (unpaired) electrons. The predicted octanol–water partition coefficient (Wildman–Crippen LogP) is 2.49. The van der Waals surface area contributed by atoms with Crippen LogP contribution in [0.1, 0.15) is 31.9 Å². The zero-order valence-corrected chi connectivity index (χ0v) is 11.2. The van der Waals surface area contributed by atoms with E-state index in [0.717, 1.165) is 17.8 Å². The summed E-state index contributed by atoms with van der Waals surface area (Å²) < 4.78 is 5.29. The molecule has 0 saturated carbocycles. The van der Waals surface area contributed by atoms with Crippen LogP contribution < -0.4 is 9.64 Å². The number of benzene rings is 1. The third kappa shape index (κ3) is 3.14. The van der Waals surface area contributed by atoms with E-state index in [0.29, 0.717) is 18.7 Å². The van der Waals surface area contributed by atoms with Gasteiger partial charge in [-0.15, -0.1) is 0 Å². The average Bonchev–Trinajstić information content (AvgIpc) is 2.38. The van der Waals surface area contributed by atoms with E-state index in [1.165, 1.54) is 0 Å². The molecule has 18 heavy (non-hydrogen) atoms. The summed E-state index contributed by atoms with van der Waals surface area (Å²) in [6, 6.07) is 7.83. The third-order valence-electron chi connectivity index (χ3n) is 2.90. The van der Waals surface area contributed by atoms with Gasteiger partial charge in [0.2, 0.25) is 0 Å². The lowest BCUT2D eigenvalue weighted by atomic mass is 10.1. The number of anilines is 1. The van der Waals surface area contributed by atoms with Gasteiger partial charge in [0.05, 0.1) is 25.7 Å². The van der Waals surface area contributed by atoms with E-state index >= 15 is 0 Å². The van der Waals surface area contributed by atoms with Crippen molar-refractivity contribution >= 4 is 5.69 Å². The molecule has 0 aliphatic rings. The van der Waals surface area contributed by atoms with Crippen LogP contribution in [0.2, 0.25) is 0 Å². The number of nitriles is 1. The van der Waals surface area contributed by atoms with E-state index < -0.39 is 6.10 Å². The van der Waals surface area contributed by atoms with Crippen molar-refractivity contribution in [3.8, 4) is 11.8 Å². The molecule has 0 bridgehead atoms. The molecule has 1 aromatic carbocycles. The fraction of sp³-hybridized carbons (Fsp3) is 0.500. The minimum absolute atomic E-state index is 0.463. The minimum Gasteiger partial charge on any atom is -0.496 e. The molecule has 1 atom stereocenters. The molecule has 0 amide bonds. The van der Waals surface area contributed by atoms with Crippen LogP contribution in [0, 0.1) is 11.3 Å². The molecule has 0 heterocycles. The van der Waals surface area contributed by atoms with Gasteiger partial charge in [-0.3, -0.25) is 0 Å². The number of nitrogens with zero attached hydrogens (tertiary/aromatic N) is 2. The van der Waals surface area contributed by atoms with Gasteiger partial charge < -0.3 is 14.7 Å². The normalized spacial score (nSPS) is 11.7. The van der Waals surface area contributed by atoms with Crippen LogP contribution in [0.25, 0.3) is 0 Å². The second kappa shape index (κ2) is 6.87. The predicted molar refractivity (Wildman–Crippen MR) is 71.7 cm³/mol. The quantitative estimate of drug-likeness (QED) is 0.840. The zero-order valence-electron chi connectivity index (χ0n) is 11.2. The van der Waals surface area contributed by atoms with E-state index in [1.54, 1.807) is 14.0 Å². The summed E-state index contributed by atoms with van der Waals surface area (Å²) in [5.41, 5.74) is 1.71. The molecule has 0 aliphatic carbocycles. The fourth-order valence-corrected chi connectivity index (χ4v) is 2.04. The van der Waals surface area contributed by atoms with Crippen LogP contribution in [-0.4, -0.2) is 25.3 Å². The highest BCUT2D eigenvalue weighted by molar-refractivity contribution is 5.60. The van der Waals surface area contributed by atoms with Gasteiger partial charge in [-0.1, -0.05) is 6.07 Å². The summed E-state index contributed by atoms with van der Waals surface area (Å²) in [6.07, 6.45) is -0.142. The lowest BCUT2D eigenvalue weighted by molar-refractivity contribution is 0.194. The number of methoxy groups -OCH3 is 1. The van der Waals surface area contributed by atoms with Crippen LogP contribution >= 0.6 is 0 Å². The first-order valence-corrected chi connectivity index (χ1v) is 6.12. The molecule has 4 heteroatoms. The molecule has 4 nitrogen and oxygen atoms in total. The van der Waals surface area contributed by atoms with Crippen molar-refractivity contribution in [2.75, 3.05) is 25.1 Å². The molecule has 0 spiro atoms. The Morgan fingerprint density at radius 1 is 1.50 bits per heavy atom. The second-order valence-corrected chi connectivity index (χ2v) is 4.06. The van der Waals surface area contributed by atoms with Gasteiger partial charge in [-0.25, -0.2) is 0 Å². The summed E-state index contributed by atoms with van der Waals surface area (Å²) in [5.74, 6) is 0.679. The monoisotopic (exact) mass is 248 g/mol. The van der Waals surface area contributed by atoms with Crippen molar-refractivity contribution in [3.05, 3.63) is 23.8 Å². The van der Waals surface area contributed by atoms with E-state index in [4.69, 9.17) is 10.00 Å². The molecular formula is C14H20N2O2. The number of hydrogen-bond acceptors (Lipinski definition) is 4. The van der Waals surface area contributed by atoms with Gasteiger partial charge in [-0.05, 0) is 26.0 Å². The topological polar surface area (TPSA) is 56.5 Å². The van der Waals surface area contributed by atoms with Crippen molar-refractivity contribution in [3.63, 3.8) is 0 Å². The highest BCUT2D eigenvalue weighted by Gasteiger charge is 2.17. The first kappa shape index (κ1) is 14.3. The van der Waals surface area contributed by atoms with E-state index in [1.807, 2.05) is 25.1 Å². The number of ether oxygens (including phenoxy) is 1. The Bertz CT molecular complexity index is 424. The van der Waals surface area contributed by atoms with Crippen LogP contribution in [-0.2, 0) is 0 Å². The SMILES string of the molecule is CCN(CCC#N)c1cccc(OC)c1[C@H](C)O. The van der Waals surface area contributed by atoms with Gasteiger partial charge in [0.15, 0.2) is 0 Å². The van der Waals surface area contributed by atoms with E-state index in [-0.39, 0.29) is 0 Å². The Morgan fingerprint density at radius 3 is 2.72 bits per heavy atom. The van der Waals surface area contributed by atoms with Crippen LogP contribution in [0.3, 0.4) is 0 Å².